The fourth-order valence-corrected chi connectivity index (χ4v) is 2.11. The van der Waals surface area contributed by atoms with Gasteiger partial charge in [-0.05, 0) is 41.6 Å². The Labute approximate surface area is 142 Å². The molecular weight excluding hydrogens is 278 g/mol. The summed E-state index contributed by atoms with van der Waals surface area (Å²) in [7, 11) is 0. The van der Waals surface area contributed by atoms with Gasteiger partial charge in [-0.3, -0.25) is 0 Å². The molecule has 1 N–H and O–H groups in total. The van der Waals surface area contributed by atoms with Gasteiger partial charge >= 0.3 is 0 Å². The number of nitrogens with one attached hydrogen (secondary N) is 1. The minimum atomic E-state index is 0.781. The summed E-state index contributed by atoms with van der Waals surface area (Å²) < 4.78 is 0. The molecule has 0 heterocycles. The molecule has 0 atom stereocenters. The standard InChI is InChI=1S/C14H12.C8H19N/c1-12(13-8-4-2-5-9-13)14-10-6-3-7-11-14;1-7(2)5-9-6-8(3)4/h2-11H,1H2;7-9H,5-6H2,1-4H3. The van der Waals surface area contributed by atoms with Gasteiger partial charge in [0.15, 0.2) is 0 Å². The third-order valence-corrected chi connectivity index (χ3v) is 3.35. The van der Waals surface area contributed by atoms with E-state index in [1.165, 1.54) is 11.1 Å². The highest BCUT2D eigenvalue weighted by Gasteiger charge is 1.99. The highest BCUT2D eigenvalue weighted by molar-refractivity contribution is 5.77. The zero-order valence-corrected chi connectivity index (χ0v) is 15.0. The SMILES string of the molecule is C=C(c1ccccc1)c1ccccc1.CC(C)CNCC(C)C. The third kappa shape index (κ3) is 8.37. The van der Waals surface area contributed by atoms with Crippen LogP contribution in [0.1, 0.15) is 38.8 Å². The maximum atomic E-state index is 4.10. The second-order valence-electron chi connectivity index (χ2n) is 6.66. The molecule has 2 aromatic rings. The van der Waals surface area contributed by atoms with Crippen LogP contribution in [0.4, 0.5) is 0 Å². The molecule has 1 nitrogen and oxygen atoms in total. The first-order chi connectivity index (χ1) is 11.0. The summed E-state index contributed by atoms with van der Waals surface area (Å²) in [5, 5.41) is 3.38. The second-order valence-corrected chi connectivity index (χ2v) is 6.66. The molecule has 0 aromatic heterocycles. The van der Waals surface area contributed by atoms with Gasteiger partial charge in [-0.2, -0.15) is 0 Å². The minimum Gasteiger partial charge on any atom is -0.316 e. The maximum absolute atomic E-state index is 4.10. The molecule has 0 unspecified atom stereocenters. The van der Waals surface area contributed by atoms with E-state index >= 15 is 0 Å². The Morgan fingerprint density at radius 1 is 0.739 bits per heavy atom. The van der Waals surface area contributed by atoms with Crippen LogP contribution in [0.15, 0.2) is 67.2 Å². The van der Waals surface area contributed by atoms with Gasteiger partial charge in [0.2, 0.25) is 0 Å². The number of benzene rings is 2. The lowest BCUT2D eigenvalue weighted by molar-refractivity contribution is 0.497. The Hall–Kier alpha value is -1.86. The summed E-state index contributed by atoms with van der Waals surface area (Å²) in [6, 6.07) is 20.5. The van der Waals surface area contributed by atoms with Crippen molar-refractivity contribution in [2.75, 3.05) is 13.1 Å². The molecule has 124 valence electrons. The van der Waals surface area contributed by atoms with Gasteiger partial charge < -0.3 is 5.32 Å². The van der Waals surface area contributed by atoms with Crippen molar-refractivity contribution in [1.82, 2.24) is 5.32 Å². The molecule has 0 aliphatic rings. The van der Waals surface area contributed by atoms with Crippen molar-refractivity contribution in [2.24, 2.45) is 11.8 Å². The van der Waals surface area contributed by atoms with Crippen molar-refractivity contribution in [3.8, 4) is 0 Å². The monoisotopic (exact) mass is 309 g/mol. The van der Waals surface area contributed by atoms with E-state index in [9.17, 15) is 0 Å². The average Bonchev–Trinajstić information content (AvgIpc) is 2.56. The molecule has 0 aliphatic carbocycles. The molecule has 2 aromatic carbocycles. The van der Waals surface area contributed by atoms with Gasteiger partial charge in [-0.15, -0.1) is 0 Å². The summed E-state index contributed by atoms with van der Waals surface area (Å²) >= 11 is 0. The summed E-state index contributed by atoms with van der Waals surface area (Å²) in [5.74, 6) is 1.56. The zero-order chi connectivity index (χ0) is 17.1. The van der Waals surface area contributed by atoms with Crippen molar-refractivity contribution in [1.29, 1.82) is 0 Å². The summed E-state index contributed by atoms with van der Waals surface area (Å²) in [4.78, 5) is 0. The lowest BCUT2D eigenvalue weighted by Crippen LogP contribution is -2.23. The van der Waals surface area contributed by atoms with Crippen LogP contribution in [0.25, 0.3) is 5.57 Å². The summed E-state index contributed by atoms with van der Waals surface area (Å²) in [6.45, 7) is 15.3. The molecule has 0 saturated carbocycles. The first-order valence-corrected chi connectivity index (χ1v) is 8.51. The van der Waals surface area contributed by atoms with E-state index in [0.29, 0.717) is 0 Å². The van der Waals surface area contributed by atoms with Gasteiger partial charge in [-0.25, -0.2) is 0 Å². The Kier molecular flexibility index (Phi) is 9.01. The lowest BCUT2D eigenvalue weighted by Gasteiger charge is -2.08. The predicted molar refractivity (Wildman–Crippen MR) is 104 cm³/mol. The third-order valence-electron chi connectivity index (χ3n) is 3.35. The molecule has 0 fully saturated rings. The van der Waals surface area contributed by atoms with Crippen molar-refractivity contribution in [3.63, 3.8) is 0 Å². The van der Waals surface area contributed by atoms with Gasteiger partial charge in [0, 0.05) is 0 Å². The number of hydrogen-bond acceptors (Lipinski definition) is 1. The first-order valence-electron chi connectivity index (χ1n) is 8.51. The van der Waals surface area contributed by atoms with Crippen LogP contribution < -0.4 is 5.32 Å². The molecule has 0 amide bonds. The minimum absolute atomic E-state index is 0.781. The molecule has 2 rings (SSSR count). The van der Waals surface area contributed by atoms with Gasteiger partial charge in [-0.1, -0.05) is 94.9 Å². The molecule has 0 saturated heterocycles. The second kappa shape index (κ2) is 10.8. The Morgan fingerprint density at radius 2 is 1.09 bits per heavy atom. The van der Waals surface area contributed by atoms with Gasteiger partial charge in [0.25, 0.3) is 0 Å². The van der Waals surface area contributed by atoms with E-state index in [1.54, 1.807) is 0 Å². The Balaban J connectivity index is 0.000000257. The Bertz CT molecular complexity index is 491. The highest BCUT2D eigenvalue weighted by Crippen LogP contribution is 2.20. The fourth-order valence-electron chi connectivity index (χ4n) is 2.11. The van der Waals surface area contributed by atoms with Crippen LogP contribution >= 0.6 is 0 Å². The van der Waals surface area contributed by atoms with Crippen molar-refractivity contribution >= 4 is 5.57 Å². The van der Waals surface area contributed by atoms with Gasteiger partial charge in [0.1, 0.15) is 0 Å². The summed E-state index contributed by atoms with van der Waals surface area (Å²) in [6.07, 6.45) is 0. The van der Waals surface area contributed by atoms with E-state index in [0.717, 1.165) is 30.5 Å². The van der Waals surface area contributed by atoms with Crippen LogP contribution in [-0.4, -0.2) is 13.1 Å². The molecule has 0 bridgehead atoms. The molecule has 0 aliphatic heterocycles. The molecule has 0 spiro atoms. The maximum Gasteiger partial charge on any atom is -0.00257 e. The number of hydrogen-bond donors (Lipinski definition) is 1. The van der Waals surface area contributed by atoms with Crippen LogP contribution in [0.2, 0.25) is 0 Å². The quantitative estimate of drug-likeness (QED) is 0.728. The van der Waals surface area contributed by atoms with Crippen molar-refractivity contribution in [2.45, 2.75) is 27.7 Å². The largest absolute Gasteiger partial charge is 0.316 e. The van der Waals surface area contributed by atoms with E-state index in [4.69, 9.17) is 0 Å². The smallest absolute Gasteiger partial charge is 0.00257 e. The zero-order valence-electron chi connectivity index (χ0n) is 15.0. The van der Waals surface area contributed by atoms with Crippen molar-refractivity contribution in [3.05, 3.63) is 78.4 Å². The molecule has 23 heavy (non-hydrogen) atoms. The summed E-state index contributed by atoms with van der Waals surface area (Å²) in [5.41, 5.74) is 3.43. The average molecular weight is 309 g/mol. The van der Waals surface area contributed by atoms with Crippen LogP contribution in [0, 0.1) is 11.8 Å². The normalized spacial score (nSPS) is 10.3. The molecular formula is C22H31N. The Morgan fingerprint density at radius 3 is 1.39 bits per heavy atom. The molecule has 0 radical (unpaired) electrons. The number of rotatable bonds is 6. The van der Waals surface area contributed by atoms with Crippen LogP contribution in [-0.2, 0) is 0 Å². The van der Waals surface area contributed by atoms with E-state index in [-0.39, 0.29) is 0 Å². The van der Waals surface area contributed by atoms with E-state index in [1.807, 2.05) is 36.4 Å². The van der Waals surface area contributed by atoms with Crippen LogP contribution in [0.3, 0.4) is 0 Å². The van der Waals surface area contributed by atoms with Crippen molar-refractivity contribution < 1.29 is 0 Å². The topological polar surface area (TPSA) is 12.0 Å². The predicted octanol–water partition coefficient (Wildman–Crippen LogP) is 5.64. The highest BCUT2D eigenvalue weighted by atomic mass is 14.9. The fraction of sp³-hybridized carbons (Fsp3) is 0.364. The first kappa shape index (κ1) is 19.2. The van der Waals surface area contributed by atoms with Crippen LogP contribution in [0.5, 0.6) is 0 Å². The van der Waals surface area contributed by atoms with E-state index < -0.39 is 0 Å². The molecule has 1 heteroatoms. The van der Waals surface area contributed by atoms with Gasteiger partial charge in [0.05, 0.1) is 0 Å². The van der Waals surface area contributed by atoms with E-state index in [2.05, 4.69) is 63.9 Å². The lowest BCUT2D eigenvalue weighted by atomic mass is 10.0.